The molecule has 0 saturated heterocycles. The Balaban J connectivity index is 2.64. The van der Waals surface area contributed by atoms with Gasteiger partial charge < -0.3 is 19.5 Å². The maximum absolute atomic E-state index is 13.4. The van der Waals surface area contributed by atoms with Gasteiger partial charge in [-0.25, -0.2) is 26.7 Å². The van der Waals surface area contributed by atoms with Gasteiger partial charge in [-0.3, -0.25) is 0 Å². The molecule has 0 heterocycles. The summed E-state index contributed by atoms with van der Waals surface area (Å²) in [4.78, 5) is 11.5. The first-order valence-electron chi connectivity index (χ1n) is 6.83. The number of halogens is 5. The Morgan fingerprint density at radius 3 is 1.88 bits per heavy atom. The highest BCUT2D eigenvalue weighted by atomic mass is 28.4. The van der Waals surface area contributed by atoms with E-state index < -0.39 is 49.4 Å². The molecule has 0 atom stereocenters. The number of nitrogens with one attached hydrogen (secondary N) is 2. The first-order valence-corrected chi connectivity index (χ1v) is 9.35. The highest BCUT2D eigenvalue weighted by molar-refractivity contribution is 6.65. The van der Waals surface area contributed by atoms with Crippen molar-refractivity contribution >= 4 is 20.3 Å². The molecule has 0 bridgehead atoms. The predicted molar refractivity (Wildman–Crippen MR) is 78.3 cm³/mol. The van der Waals surface area contributed by atoms with E-state index in [0.717, 1.165) is 0 Å². The molecule has 24 heavy (non-hydrogen) atoms. The number of amides is 2. The smallest absolute Gasteiger partial charge is 0.334 e. The third-order valence-electron chi connectivity index (χ3n) is 3.41. The van der Waals surface area contributed by atoms with Crippen molar-refractivity contribution in [3.8, 4) is 0 Å². The van der Waals surface area contributed by atoms with Crippen molar-refractivity contribution in [2.45, 2.75) is 19.0 Å². The van der Waals surface area contributed by atoms with Crippen molar-refractivity contribution in [2.24, 2.45) is 0 Å². The predicted octanol–water partition coefficient (Wildman–Crippen LogP) is 3.26. The largest absolute Gasteiger partial charge is 0.398 e. The van der Waals surface area contributed by atoms with E-state index in [-0.39, 0.29) is 6.54 Å². The van der Waals surface area contributed by atoms with Gasteiger partial charge in [0.1, 0.15) is 5.69 Å². The summed E-state index contributed by atoms with van der Waals surface area (Å²) in [7, 11) is 0.683. The van der Waals surface area contributed by atoms with Crippen LogP contribution in [0.2, 0.25) is 12.6 Å². The zero-order valence-corrected chi connectivity index (χ0v) is 14.2. The molecule has 0 aliphatic carbocycles. The zero-order chi connectivity index (χ0) is 18.5. The second-order valence-electron chi connectivity index (χ2n) is 4.97. The monoisotopic (exact) mass is 372 g/mol. The third kappa shape index (κ3) is 4.64. The van der Waals surface area contributed by atoms with Crippen LogP contribution >= 0.6 is 0 Å². The van der Waals surface area contributed by atoms with E-state index in [0.29, 0.717) is 12.5 Å². The molecular formula is C13H17F5N2O3Si. The molecule has 0 aromatic heterocycles. The minimum atomic E-state index is -2.32. The number of anilines is 1. The van der Waals surface area contributed by atoms with Crippen LogP contribution in [-0.4, -0.2) is 35.4 Å². The number of hydrogen-bond acceptors (Lipinski definition) is 3. The van der Waals surface area contributed by atoms with Gasteiger partial charge in [0, 0.05) is 20.8 Å². The van der Waals surface area contributed by atoms with Gasteiger partial charge in [-0.05, 0) is 19.0 Å². The number of carbonyl (C=O) groups is 1. The van der Waals surface area contributed by atoms with Crippen LogP contribution in [0.15, 0.2) is 0 Å². The highest BCUT2D eigenvalue weighted by Gasteiger charge is 2.28. The van der Waals surface area contributed by atoms with Crippen LogP contribution in [0.5, 0.6) is 0 Å². The summed E-state index contributed by atoms with van der Waals surface area (Å²) < 4.78 is 76.2. The maximum atomic E-state index is 13.4. The molecule has 11 heteroatoms. The molecule has 136 valence electrons. The standard InChI is InChI=1S/C13H17F5N2O3Si/c1-22-24(3,23-2)6-4-5-19-13(21)20-12-10(17)8(15)7(14)9(16)11(12)18/h4-6H2,1-3H3,(H2,19,20,21). The van der Waals surface area contributed by atoms with E-state index in [9.17, 15) is 26.7 Å². The van der Waals surface area contributed by atoms with Gasteiger partial charge in [0.05, 0.1) is 0 Å². The van der Waals surface area contributed by atoms with Gasteiger partial charge >= 0.3 is 14.6 Å². The lowest BCUT2D eigenvalue weighted by Crippen LogP contribution is -2.37. The molecule has 5 nitrogen and oxygen atoms in total. The summed E-state index contributed by atoms with van der Waals surface area (Å²) in [6, 6.07) is -0.570. The van der Waals surface area contributed by atoms with Crippen LogP contribution in [0.3, 0.4) is 0 Å². The number of carbonyl (C=O) groups excluding carboxylic acids is 1. The van der Waals surface area contributed by atoms with Crippen molar-refractivity contribution in [3.05, 3.63) is 29.1 Å². The SMILES string of the molecule is CO[Si](C)(CCCNC(=O)Nc1c(F)c(F)c(F)c(F)c1F)OC. The Bertz CT molecular complexity index is 585. The molecule has 0 unspecified atom stereocenters. The second kappa shape index (κ2) is 8.40. The number of urea groups is 1. The van der Waals surface area contributed by atoms with E-state index in [1.807, 2.05) is 6.55 Å². The van der Waals surface area contributed by atoms with Crippen LogP contribution < -0.4 is 10.6 Å². The van der Waals surface area contributed by atoms with Crippen molar-refractivity contribution < 1.29 is 35.6 Å². The molecule has 0 saturated carbocycles. The van der Waals surface area contributed by atoms with Crippen molar-refractivity contribution in [1.29, 1.82) is 0 Å². The quantitative estimate of drug-likeness (QED) is 0.254. The summed E-state index contributed by atoms with van der Waals surface area (Å²) >= 11 is 0. The first-order chi connectivity index (χ1) is 11.2. The Kier molecular flexibility index (Phi) is 7.11. The lowest BCUT2D eigenvalue weighted by Gasteiger charge is -2.22. The van der Waals surface area contributed by atoms with Gasteiger partial charge in [0.25, 0.3) is 0 Å². The summed E-state index contributed by atoms with van der Waals surface area (Å²) in [6.07, 6.45) is 0.439. The van der Waals surface area contributed by atoms with Crippen LogP contribution in [0.4, 0.5) is 32.4 Å². The Labute approximate surface area is 136 Å². The molecule has 2 N–H and O–H groups in total. The molecule has 1 rings (SSSR count). The van der Waals surface area contributed by atoms with Gasteiger partial charge in [0.2, 0.25) is 5.82 Å². The van der Waals surface area contributed by atoms with Crippen LogP contribution in [0.1, 0.15) is 6.42 Å². The topological polar surface area (TPSA) is 59.6 Å². The van der Waals surface area contributed by atoms with E-state index in [1.54, 1.807) is 5.32 Å². The van der Waals surface area contributed by atoms with Crippen molar-refractivity contribution in [3.63, 3.8) is 0 Å². The molecule has 0 radical (unpaired) electrons. The molecule has 0 aliphatic rings. The van der Waals surface area contributed by atoms with Gasteiger partial charge in [-0.1, -0.05) is 0 Å². The van der Waals surface area contributed by atoms with Crippen LogP contribution in [-0.2, 0) is 8.85 Å². The van der Waals surface area contributed by atoms with E-state index in [4.69, 9.17) is 8.85 Å². The molecule has 0 spiro atoms. The fourth-order valence-corrected chi connectivity index (χ4v) is 3.17. The van der Waals surface area contributed by atoms with Gasteiger partial charge in [-0.2, -0.15) is 0 Å². The average Bonchev–Trinajstić information content (AvgIpc) is 2.58. The van der Waals surface area contributed by atoms with Gasteiger partial charge in [-0.15, -0.1) is 0 Å². The van der Waals surface area contributed by atoms with Crippen LogP contribution in [0.25, 0.3) is 0 Å². The highest BCUT2D eigenvalue weighted by Crippen LogP contribution is 2.26. The fourth-order valence-electron chi connectivity index (χ4n) is 1.77. The molecular weight excluding hydrogens is 355 g/mol. The number of hydrogen-bond donors (Lipinski definition) is 2. The lowest BCUT2D eigenvalue weighted by atomic mass is 10.2. The molecule has 0 fully saturated rings. The molecule has 0 aliphatic heterocycles. The molecule has 2 amide bonds. The fraction of sp³-hybridized carbons (Fsp3) is 0.462. The van der Waals surface area contributed by atoms with E-state index in [1.165, 1.54) is 14.2 Å². The van der Waals surface area contributed by atoms with Crippen molar-refractivity contribution in [1.82, 2.24) is 5.32 Å². The number of benzene rings is 1. The summed E-state index contributed by atoms with van der Waals surface area (Å²) in [5.74, 6) is -10.8. The maximum Gasteiger partial charge on any atom is 0.334 e. The molecule has 1 aromatic carbocycles. The van der Waals surface area contributed by atoms with Crippen LogP contribution in [0, 0.1) is 29.1 Å². The minimum absolute atomic E-state index is 0.0938. The van der Waals surface area contributed by atoms with Gasteiger partial charge in [0.15, 0.2) is 23.3 Å². The first kappa shape index (κ1) is 20.3. The Hall–Kier alpha value is -1.72. The molecule has 1 aromatic rings. The zero-order valence-electron chi connectivity index (χ0n) is 13.2. The van der Waals surface area contributed by atoms with Crippen molar-refractivity contribution in [2.75, 3.05) is 26.1 Å². The summed E-state index contributed by atoms with van der Waals surface area (Å²) in [6.45, 7) is 1.90. The summed E-state index contributed by atoms with van der Waals surface area (Å²) in [5.41, 5.74) is -1.41. The average molecular weight is 372 g/mol. The Morgan fingerprint density at radius 2 is 1.42 bits per heavy atom. The number of rotatable bonds is 7. The Morgan fingerprint density at radius 1 is 0.958 bits per heavy atom. The third-order valence-corrected chi connectivity index (χ3v) is 6.39. The normalized spacial score (nSPS) is 11.5. The lowest BCUT2D eigenvalue weighted by molar-refractivity contribution is 0.245. The minimum Gasteiger partial charge on any atom is -0.398 e. The van der Waals surface area contributed by atoms with E-state index >= 15 is 0 Å². The van der Waals surface area contributed by atoms with E-state index in [2.05, 4.69) is 5.32 Å². The summed E-state index contributed by atoms with van der Waals surface area (Å²) in [5, 5.41) is 3.86. The second-order valence-corrected chi connectivity index (χ2v) is 8.56.